The van der Waals surface area contributed by atoms with E-state index in [4.69, 9.17) is 5.73 Å². The van der Waals surface area contributed by atoms with Crippen molar-refractivity contribution in [3.05, 3.63) is 34.9 Å². The van der Waals surface area contributed by atoms with Crippen LogP contribution >= 0.6 is 12.4 Å². The van der Waals surface area contributed by atoms with Crippen LogP contribution in [0.3, 0.4) is 0 Å². The summed E-state index contributed by atoms with van der Waals surface area (Å²) < 4.78 is 76.3. The zero-order valence-corrected chi connectivity index (χ0v) is 11.6. The van der Waals surface area contributed by atoms with E-state index in [1.165, 1.54) is 0 Å². The fourth-order valence-corrected chi connectivity index (χ4v) is 2.14. The van der Waals surface area contributed by atoms with E-state index in [9.17, 15) is 26.3 Å². The quantitative estimate of drug-likeness (QED) is 0.778. The highest BCUT2D eigenvalue weighted by Gasteiger charge is 2.39. The Labute approximate surface area is 123 Å². The number of hydrogen-bond donors (Lipinski definition) is 1. The maximum absolute atomic E-state index is 12.9. The predicted molar refractivity (Wildman–Crippen MR) is 68.0 cm³/mol. The summed E-state index contributed by atoms with van der Waals surface area (Å²) >= 11 is 0. The standard InChI is InChI=1S/C13H13F6N.ClH/c14-12(15,16)8-3-4-9(10(6-8)13(17,18)19)11(20)5-7-1-2-7;/h3-4,6-7,11H,1-2,5,20H2;1H/t11-;/m0./s1. The molecule has 120 valence electrons. The lowest BCUT2D eigenvalue weighted by atomic mass is 9.94. The second-order valence-corrected chi connectivity index (χ2v) is 5.08. The van der Waals surface area contributed by atoms with Crippen molar-refractivity contribution in [1.29, 1.82) is 0 Å². The molecule has 0 aliphatic heterocycles. The Morgan fingerprint density at radius 1 is 1.05 bits per heavy atom. The molecule has 0 heterocycles. The van der Waals surface area contributed by atoms with Crippen molar-refractivity contribution in [2.24, 2.45) is 11.7 Å². The van der Waals surface area contributed by atoms with Gasteiger partial charge in [-0.05, 0) is 30.0 Å². The van der Waals surface area contributed by atoms with E-state index < -0.39 is 29.5 Å². The van der Waals surface area contributed by atoms with E-state index in [-0.39, 0.29) is 30.0 Å². The Morgan fingerprint density at radius 2 is 1.62 bits per heavy atom. The molecule has 0 bridgehead atoms. The average Bonchev–Trinajstić information content (AvgIpc) is 3.09. The lowest BCUT2D eigenvalue weighted by Gasteiger charge is -2.20. The molecule has 0 unspecified atom stereocenters. The zero-order chi connectivity index (χ0) is 15.1. The fraction of sp³-hybridized carbons (Fsp3) is 0.538. The molecule has 1 aliphatic carbocycles. The molecular formula is C13H14ClF6N. The molecule has 0 radical (unpaired) electrons. The molecule has 1 nitrogen and oxygen atoms in total. The molecule has 1 atom stereocenters. The fourth-order valence-electron chi connectivity index (χ4n) is 2.14. The second-order valence-electron chi connectivity index (χ2n) is 5.08. The number of rotatable bonds is 3. The summed E-state index contributed by atoms with van der Waals surface area (Å²) in [6.07, 6.45) is -7.46. The van der Waals surface area contributed by atoms with Gasteiger partial charge >= 0.3 is 12.4 Å². The van der Waals surface area contributed by atoms with Gasteiger partial charge in [0.05, 0.1) is 11.1 Å². The van der Waals surface area contributed by atoms with Crippen molar-refractivity contribution in [3.63, 3.8) is 0 Å². The third-order valence-electron chi connectivity index (χ3n) is 3.37. The van der Waals surface area contributed by atoms with E-state index >= 15 is 0 Å². The highest BCUT2D eigenvalue weighted by molar-refractivity contribution is 5.85. The third kappa shape index (κ3) is 4.51. The molecule has 0 amide bonds. The lowest BCUT2D eigenvalue weighted by molar-refractivity contribution is -0.143. The molecule has 2 rings (SSSR count). The van der Waals surface area contributed by atoms with E-state index in [0.717, 1.165) is 18.9 Å². The summed E-state index contributed by atoms with van der Waals surface area (Å²) in [5.41, 5.74) is 2.84. The molecule has 0 aromatic heterocycles. The van der Waals surface area contributed by atoms with Gasteiger partial charge in [-0.2, -0.15) is 26.3 Å². The minimum Gasteiger partial charge on any atom is -0.324 e. The Hall–Kier alpha value is -0.950. The average molecular weight is 334 g/mol. The second kappa shape index (κ2) is 6.04. The van der Waals surface area contributed by atoms with Gasteiger partial charge in [0, 0.05) is 6.04 Å². The molecule has 1 saturated carbocycles. The minimum atomic E-state index is -4.85. The molecule has 2 N–H and O–H groups in total. The van der Waals surface area contributed by atoms with Crippen molar-refractivity contribution in [2.75, 3.05) is 0 Å². The molecule has 1 aromatic rings. The topological polar surface area (TPSA) is 26.0 Å². The van der Waals surface area contributed by atoms with Crippen molar-refractivity contribution in [1.82, 2.24) is 0 Å². The Kier molecular flexibility index (Phi) is 5.21. The summed E-state index contributed by atoms with van der Waals surface area (Å²) in [5.74, 6) is 0.286. The molecule has 1 fully saturated rings. The van der Waals surface area contributed by atoms with Crippen LogP contribution in [0.1, 0.15) is 42.0 Å². The van der Waals surface area contributed by atoms with Gasteiger partial charge < -0.3 is 5.73 Å². The zero-order valence-electron chi connectivity index (χ0n) is 10.8. The molecule has 1 aromatic carbocycles. The van der Waals surface area contributed by atoms with Crippen molar-refractivity contribution in [3.8, 4) is 0 Å². The number of alkyl halides is 6. The first kappa shape index (κ1) is 18.1. The summed E-state index contributed by atoms with van der Waals surface area (Å²) in [6.45, 7) is 0. The maximum Gasteiger partial charge on any atom is 0.416 e. The van der Waals surface area contributed by atoms with Crippen LogP contribution < -0.4 is 5.73 Å². The summed E-state index contributed by atoms with van der Waals surface area (Å²) in [5, 5.41) is 0. The molecule has 0 spiro atoms. The predicted octanol–water partition coefficient (Wildman–Crippen LogP) is 4.95. The van der Waals surface area contributed by atoms with Gasteiger partial charge in [0.1, 0.15) is 0 Å². The van der Waals surface area contributed by atoms with Crippen molar-refractivity contribution < 1.29 is 26.3 Å². The van der Waals surface area contributed by atoms with Crippen molar-refractivity contribution in [2.45, 2.75) is 37.7 Å². The van der Waals surface area contributed by atoms with Gasteiger partial charge in [-0.1, -0.05) is 18.9 Å². The summed E-state index contributed by atoms with van der Waals surface area (Å²) in [6, 6.07) is 0.749. The van der Waals surface area contributed by atoms with Crippen LogP contribution in [0.25, 0.3) is 0 Å². The minimum absolute atomic E-state index is 0. The van der Waals surface area contributed by atoms with Gasteiger partial charge in [-0.15, -0.1) is 12.4 Å². The lowest BCUT2D eigenvalue weighted by Crippen LogP contribution is -2.19. The van der Waals surface area contributed by atoms with Gasteiger partial charge in [0.25, 0.3) is 0 Å². The van der Waals surface area contributed by atoms with Crippen LogP contribution in [0, 0.1) is 5.92 Å². The van der Waals surface area contributed by atoms with E-state index in [0.29, 0.717) is 12.5 Å². The number of nitrogens with two attached hydrogens (primary N) is 1. The number of hydrogen-bond acceptors (Lipinski definition) is 1. The van der Waals surface area contributed by atoms with Crippen LogP contribution in [0.5, 0.6) is 0 Å². The van der Waals surface area contributed by atoms with Crippen LogP contribution in [0.15, 0.2) is 18.2 Å². The first-order valence-corrected chi connectivity index (χ1v) is 6.13. The molecule has 1 aliphatic rings. The van der Waals surface area contributed by atoms with Crippen LogP contribution in [-0.2, 0) is 12.4 Å². The van der Waals surface area contributed by atoms with Crippen molar-refractivity contribution >= 4 is 12.4 Å². The first-order chi connectivity index (χ1) is 9.09. The molecule has 0 saturated heterocycles. The highest BCUT2D eigenvalue weighted by atomic mass is 35.5. The Morgan fingerprint density at radius 3 is 2.05 bits per heavy atom. The summed E-state index contributed by atoms with van der Waals surface area (Å²) in [4.78, 5) is 0. The maximum atomic E-state index is 12.9. The van der Waals surface area contributed by atoms with E-state index in [1.807, 2.05) is 0 Å². The molecular weight excluding hydrogens is 320 g/mol. The third-order valence-corrected chi connectivity index (χ3v) is 3.37. The van der Waals surface area contributed by atoms with Crippen LogP contribution in [0.2, 0.25) is 0 Å². The number of halogens is 7. The molecule has 21 heavy (non-hydrogen) atoms. The van der Waals surface area contributed by atoms with E-state index in [2.05, 4.69) is 0 Å². The highest BCUT2D eigenvalue weighted by Crippen LogP contribution is 2.42. The first-order valence-electron chi connectivity index (χ1n) is 6.13. The van der Waals surface area contributed by atoms with Gasteiger partial charge in [0.2, 0.25) is 0 Å². The van der Waals surface area contributed by atoms with Crippen LogP contribution in [-0.4, -0.2) is 0 Å². The Bertz CT molecular complexity index is 492. The van der Waals surface area contributed by atoms with Gasteiger partial charge in [-0.3, -0.25) is 0 Å². The number of benzene rings is 1. The summed E-state index contributed by atoms with van der Waals surface area (Å²) in [7, 11) is 0. The van der Waals surface area contributed by atoms with Gasteiger partial charge in [-0.25, -0.2) is 0 Å². The largest absolute Gasteiger partial charge is 0.416 e. The molecule has 8 heteroatoms. The normalized spacial score (nSPS) is 17.3. The monoisotopic (exact) mass is 333 g/mol. The SMILES string of the molecule is Cl.N[C@@H](CC1CC1)c1ccc(C(F)(F)F)cc1C(F)(F)F. The van der Waals surface area contributed by atoms with E-state index in [1.54, 1.807) is 0 Å². The smallest absolute Gasteiger partial charge is 0.324 e. The van der Waals surface area contributed by atoms with Crippen LogP contribution in [0.4, 0.5) is 26.3 Å². The van der Waals surface area contributed by atoms with Gasteiger partial charge in [0.15, 0.2) is 0 Å². The Balaban J connectivity index is 0.00000220.